The third-order valence-electron chi connectivity index (χ3n) is 2.51. The van der Waals surface area contributed by atoms with Gasteiger partial charge in [0, 0.05) is 11.1 Å². The van der Waals surface area contributed by atoms with Crippen molar-refractivity contribution in [2.45, 2.75) is 23.6 Å². The van der Waals surface area contributed by atoms with E-state index in [1.807, 2.05) is 26.1 Å². The normalized spacial score (nSPS) is 22.6. The number of allylic oxidation sites excluding steroid dienone is 1. The summed E-state index contributed by atoms with van der Waals surface area (Å²) < 4.78 is 0. The third kappa shape index (κ3) is 2.19. The third-order valence-corrected chi connectivity index (χ3v) is 4.56. The molecule has 0 amide bonds. The zero-order chi connectivity index (χ0) is 13.2. The van der Waals surface area contributed by atoms with Crippen molar-refractivity contribution in [2.24, 2.45) is 5.10 Å². The molecule has 0 fully saturated rings. The molecule has 7 heteroatoms. The summed E-state index contributed by atoms with van der Waals surface area (Å²) in [6.07, 6.45) is 6.82. The van der Waals surface area contributed by atoms with Crippen LogP contribution in [0.4, 0.5) is 0 Å². The maximum Gasteiger partial charge on any atom is 0.203 e. The summed E-state index contributed by atoms with van der Waals surface area (Å²) in [5, 5.41) is 22.7. The van der Waals surface area contributed by atoms with Crippen molar-refractivity contribution in [3.8, 4) is 6.19 Å². The second kappa shape index (κ2) is 4.96. The van der Waals surface area contributed by atoms with Crippen LogP contribution in [0.1, 0.15) is 12.6 Å². The van der Waals surface area contributed by atoms with Gasteiger partial charge in [0.15, 0.2) is 4.87 Å². The summed E-state index contributed by atoms with van der Waals surface area (Å²) in [5.41, 5.74) is 0.792. The van der Waals surface area contributed by atoms with E-state index in [2.05, 4.69) is 15.3 Å². The van der Waals surface area contributed by atoms with Gasteiger partial charge in [-0.1, -0.05) is 23.4 Å². The molecule has 1 atom stereocenters. The highest BCUT2D eigenvalue weighted by Crippen LogP contribution is 2.44. The quantitative estimate of drug-likeness (QED) is 0.778. The molecule has 5 nitrogen and oxygen atoms in total. The smallest absolute Gasteiger partial charge is 0.178 e. The van der Waals surface area contributed by atoms with Gasteiger partial charge in [0.1, 0.15) is 0 Å². The van der Waals surface area contributed by atoms with Gasteiger partial charge in [-0.15, -0.1) is 0 Å². The molecule has 0 aromatic carbocycles. The van der Waals surface area contributed by atoms with Gasteiger partial charge in [0.2, 0.25) is 6.19 Å². The van der Waals surface area contributed by atoms with Crippen LogP contribution in [0.25, 0.3) is 0 Å². The van der Waals surface area contributed by atoms with Crippen LogP contribution in [-0.2, 0) is 0 Å². The number of hydrogen-bond donors (Lipinski definition) is 0. The van der Waals surface area contributed by atoms with Crippen LogP contribution >= 0.6 is 23.4 Å². The fourth-order valence-electron chi connectivity index (χ4n) is 1.46. The molecule has 1 unspecified atom stereocenters. The van der Waals surface area contributed by atoms with E-state index < -0.39 is 4.87 Å². The highest BCUT2D eigenvalue weighted by atomic mass is 35.5. The fraction of sp³-hybridized carbons (Fsp3) is 0.273. The topological polar surface area (TPSA) is 65.2 Å². The van der Waals surface area contributed by atoms with Crippen molar-refractivity contribution in [2.75, 3.05) is 0 Å². The summed E-state index contributed by atoms with van der Waals surface area (Å²) in [5.74, 6) is 0. The highest BCUT2D eigenvalue weighted by Gasteiger charge is 2.38. The van der Waals surface area contributed by atoms with Gasteiger partial charge in [-0.2, -0.15) is 25.6 Å². The van der Waals surface area contributed by atoms with Crippen molar-refractivity contribution >= 4 is 29.6 Å². The van der Waals surface area contributed by atoms with E-state index in [-0.39, 0.29) is 0 Å². The van der Waals surface area contributed by atoms with E-state index in [0.29, 0.717) is 5.03 Å². The minimum atomic E-state index is -0.751. The number of nitrogens with zero attached hydrogens (tertiary/aromatic N) is 5. The lowest BCUT2D eigenvalue weighted by molar-refractivity contribution is 0.331. The number of hydrogen-bond acceptors (Lipinski definition) is 6. The Morgan fingerprint density at radius 2 is 2.33 bits per heavy atom. The van der Waals surface area contributed by atoms with Crippen LogP contribution in [0.2, 0.25) is 0 Å². The lowest BCUT2D eigenvalue weighted by Crippen LogP contribution is -2.39. The molecule has 2 rings (SSSR count). The Kier molecular flexibility index (Phi) is 3.55. The minimum absolute atomic E-state index is 0.542. The molecule has 2 heterocycles. The minimum Gasteiger partial charge on any atom is -0.178 e. The molecule has 0 saturated heterocycles. The summed E-state index contributed by atoms with van der Waals surface area (Å²) in [6, 6.07) is 1.84. The Morgan fingerprint density at radius 1 is 1.56 bits per heavy atom. The molecule has 1 aliphatic heterocycles. The van der Waals surface area contributed by atoms with Crippen molar-refractivity contribution in [1.82, 2.24) is 15.2 Å². The van der Waals surface area contributed by atoms with Gasteiger partial charge < -0.3 is 0 Å². The van der Waals surface area contributed by atoms with Gasteiger partial charge in [-0.05, 0) is 26.0 Å². The predicted octanol–water partition coefficient (Wildman–Crippen LogP) is 2.50. The molecule has 18 heavy (non-hydrogen) atoms. The van der Waals surface area contributed by atoms with Gasteiger partial charge in [-0.25, -0.2) is 0 Å². The van der Waals surface area contributed by atoms with E-state index in [4.69, 9.17) is 16.9 Å². The highest BCUT2D eigenvalue weighted by molar-refractivity contribution is 8.01. The fourth-order valence-corrected chi connectivity index (χ4v) is 2.80. The van der Waals surface area contributed by atoms with Gasteiger partial charge >= 0.3 is 0 Å². The van der Waals surface area contributed by atoms with Crippen LogP contribution in [-0.4, -0.2) is 26.3 Å². The molecule has 1 aliphatic rings. The largest absolute Gasteiger partial charge is 0.203 e. The maximum atomic E-state index is 9.13. The molecule has 0 aliphatic carbocycles. The summed E-state index contributed by atoms with van der Waals surface area (Å²) in [6.45, 7) is 3.70. The predicted molar refractivity (Wildman–Crippen MR) is 70.9 cm³/mol. The first-order chi connectivity index (χ1) is 8.58. The first kappa shape index (κ1) is 12.9. The number of nitriles is 1. The summed E-state index contributed by atoms with van der Waals surface area (Å²) in [4.78, 5) is 0.162. The number of rotatable bonds is 2. The van der Waals surface area contributed by atoms with Crippen LogP contribution in [0.3, 0.4) is 0 Å². The van der Waals surface area contributed by atoms with E-state index in [1.54, 1.807) is 12.3 Å². The van der Waals surface area contributed by atoms with Crippen LogP contribution in [0, 0.1) is 18.4 Å². The van der Waals surface area contributed by atoms with Crippen molar-refractivity contribution < 1.29 is 0 Å². The summed E-state index contributed by atoms with van der Waals surface area (Å²) in [7, 11) is 0. The second-order valence-electron chi connectivity index (χ2n) is 3.76. The second-order valence-corrected chi connectivity index (χ2v) is 5.60. The maximum absolute atomic E-state index is 9.13. The molecular weight excluding hydrogens is 270 g/mol. The molecule has 92 valence electrons. The lowest BCUT2D eigenvalue weighted by atomic mass is 10.2. The number of aromatic nitrogens is 2. The lowest BCUT2D eigenvalue weighted by Gasteiger charge is -2.34. The Labute approximate surface area is 114 Å². The van der Waals surface area contributed by atoms with Crippen LogP contribution in [0.5, 0.6) is 0 Å². The number of hydrazone groups is 1. The zero-order valence-corrected chi connectivity index (χ0v) is 11.4. The first-order valence-electron chi connectivity index (χ1n) is 5.15. The van der Waals surface area contributed by atoms with E-state index in [0.717, 1.165) is 10.6 Å². The standard InChI is InChI=1S/C11H10ClN5S/c1-8-9(3-5-14-16-8)18-11(2)10(12)4-6-15-17(11)7-13/h3-6H,1-2H3. The van der Waals surface area contributed by atoms with Crippen molar-refractivity contribution in [3.05, 3.63) is 29.1 Å². The molecule has 0 bridgehead atoms. The van der Waals surface area contributed by atoms with Crippen LogP contribution < -0.4 is 0 Å². The van der Waals surface area contributed by atoms with Crippen molar-refractivity contribution in [3.63, 3.8) is 0 Å². The summed E-state index contributed by atoms with van der Waals surface area (Å²) >= 11 is 7.64. The average molecular weight is 280 g/mol. The number of aryl methyl sites for hydroxylation is 1. The molecule has 1 aromatic rings. The molecular formula is C11H10ClN5S. The van der Waals surface area contributed by atoms with E-state index in [9.17, 15) is 0 Å². The SMILES string of the molecule is Cc1nnccc1SC1(C)C(Cl)=CC=NN1C#N. The van der Waals surface area contributed by atoms with E-state index in [1.165, 1.54) is 23.0 Å². The van der Waals surface area contributed by atoms with Gasteiger partial charge in [-0.3, -0.25) is 0 Å². The molecule has 0 saturated carbocycles. The molecule has 1 aromatic heterocycles. The zero-order valence-electron chi connectivity index (χ0n) is 9.83. The number of halogens is 1. The first-order valence-corrected chi connectivity index (χ1v) is 6.35. The monoisotopic (exact) mass is 279 g/mol. The molecule has 0 spiro atoms. The Balaban J connectivity index is 2.37. The van der Waals surface area contributed by atoms with Gasteiger partial charge in [0.25, 0.3) is 0 Å². The Bertz CT molecular complexity index is 565. The Hall–Kier alpha value is -1.58. The average Bonchev–Trinajstić information content (AvgIpc) is 2.36. The van der Waals surface area contributed by atoms with Gasteiger partial charge in [0.05, 0.1) is 16.9 Å². The Morgan fingerprint density at radius 3 is 3.00 bits per heavy atom. The molecule has 0 N–H and O–H groups in total. The van der Waals surface area contributed by atoms with Crippen molar-refractivity contribution in [1.29, 1.82) is 5.26 Å². The van der Waals surface area contributed by atoms with Crippen LogP contribution in [0.15, 0.2) is 33.4 Å². The molecule has 0 radical (unpaired) electrons. The number of thioether (sulfide) groups is 1. The van der Waals surface area contributed by atoms with E-state index >= 15 is 0 Å².